The second-order valence-corrected chi connectivity index (χ2v) is 6.26. The van der Waals surface area contributed by atoms with Gasteiger partial charge >= 0.3 is 0 Å². The van der Waals surface area contributed by atoms with E-state index in [9.17, 15) is 4.79 Å². The molecule has 0 bridgehead atoms. The van der Waals surface area contributed by atoms with Gasteiger partial charge in [0.15, 0.2) is 0 Å². The van der Waals surface area contributed by atoms with Crippen LogP contribution in [0.15, 0.2) is 43.9 Å². The number of carbonyl (C=O) groups is 1. The lowest BCUT2D eigenvalue weighted by Crippen LogP contribution is -2.15. The molecular formula is C12H8Br3N3O. The van der Waals surface area contributed by atoms with Crippen molar-refractivity contribution in [1.29, 1.82) is 0 Å². The summed E-state index contributed by atoms with van der Waals surface area (Å²) >= 11 is 10.2. The average molecular weight is 450 g/mol. The van der Waals surface area contributed by atoms with Crippen molar-refractivity contribution < 1.29 is 4.79 Å². The zero-order valence-corrected chi connectivity index (χ0v) is 14.2. The van der Waals surface area contributed by atoms with E-state index >= 15 is 0 Å². The van der Waals surface area contributed by atoms with E-state index in [4.69, 9.17) is 5.73 Å². The van der Waals surface area contributed by atoms with Crippen molar-refractivity contribution in [2.24, 2.45) is 0 Å². The zero-order valence-electron chi connectivity index (χ0n) is 9.45. The van der Waals surface area contributed by atoms with Crippen molar-refractivity contribution in [2.45, 2.75) is 0 Å². The number of hydrogen-bond acceptors (Lipinski definition) is 3. The highest BCUT2D eigenvalue weighted by molar-refractivity contribution is 9.11. The number of pyridine rings is 1. The van der Waals surface area contributed by atoms with Crippen LogP contribution in [0.2, 0.25) is 0 Å². The van der Waals surface area contributed by atoms with Crippen LogP contribution >= 0.6 is 47.8 Å². The average Bonchev–Trinajstić information content (AvgIpc) is 2.34. The molecule has 7 heteroatoms. The molecular weight excluding hydrogens is 442 g/mol. The van der Waals surface area contributed by atoms with Crippen LogP contribution in [0.1, 0.15) is 10.4 Å². The van der Waals surface area contributed by atoms with Gasteiger partial charge in [0.1, 0.15) is 5.82 Å². The number of nitrogens with one attached hydrogen (secondary N) is 1. The summed E-state index contributed by atoms with van der Waals surface area (Å²) in [7, 11) is 0. The molecule has 4 nitrogen and oxygen atoms in total. The van der Waals surface area contributed by atoms with Gasteiger partial charge in [0.2, 0.25) is 0 Å². The van der Waals surface area contributed by atoms with Gasteiger partial charge in [0.25, 0.3) is 5.91 Å². The molecule has 0 aliphatic carbocycles. The van der Waals surface area contributed by atoms with Crippen LogP contribution in [0, 0.1) is 0 Å². The highest BCUT2D eigenvalue weighted by Crippen LogP contribution is 2.34. The van der Waals surface area contributed by atoms with E-state index in [0.717, 1.165) is 13.4 Å². The normalized spacial score (nSPS) is 10.3. The minimum atomic E-state index is -0.311. The first-order valence-electron chi connectivity index (χ1n) is 5.15. The minimum Gasteiger partial charge on any atom is -0.383 e. The molecule has 1 heterocycles. The highest BCUT2D eigenvalue weighted by Gasteiger charge is 2.14. The van der Waals surface area contributed by atoms with Crippen LogP contribution in [0.4, 0.5) is 11.5 Å². The predicted molar refractivity (Wildman–Crippen MR) is 86.1 cm³/mol. The summed E-state index contributed by atoms with van der Waals surface area (Å²) in [6.07, 6.45) is 1.54. The number of benzene rings is 1. The molecule has 1 amide bonds. The van der Waals surface area contributed by atoms with Crippen molar-refractivity contribution >= 4 is 65.2 Å². The predicted octanol–water partition coefficient (Wildman–Crippen LogP) is 4.20. The van der Waals surface area contributed by atoms with Crippen LogP contribution in [0.3, 0.4) is 0 Å². The number of nitrogen functional groups attached to an aromatic ring is 1. The number of aromatic nitrogens is 1. The molecule has 0 atom stereocenters. The molecule has 98 valence electrons. The summed E-state index contributed by atoms with van der Waals surface area (Å²) in [4.78, 5) is 16.0. The van der Waals surface area contributed by atoms with Gasteiger partial charge in [-0.1, -0.05) is 15.9 Å². The quantitative estimate of drug-likeness (QED) is 0.721. The van der Waals surface area contributed by atoms with Crippen molar-refractivity contribution in [3.05, 3.63) is 49.4 Å². The van der Waals surface area contributed by atoms with Crippen LogP contribution < -0.4 is 11.1 Å². The third-order valence-electron chi connectivity index (χ3n) is 2.33. The maximum Gasteiger partial charge on any atom is 0.259 e. The van der Waals surface area contributed by atoms with Gasteiger partial charge in [-0.3, -0.25) is 4.79 Å². The molecule has 3 N–H and O–H groups in total. The monoisotopic (exact) mass is 447 g/mol. The van der Waals surface area contributed by atoms with E-state index in [-0.39, 0.29) is 11.7 Å². The molecule has 0 saturated carbocycles. The molecule has 0 spiro atoms. The third-order valence-corrected chi connectivity index (χ3v) is 4.04. The topological polar surface area (TPSA) is 68.0 Å². The summed E-state index contributed by atoms with van der Waals surface area (Å²) in [6, 6.07) is 6.97. The molecule has 0 saturated heterocycles. The summed E-state index contributed by atoms with van der Waals surface area (Å²) in [6.45, 7) is 0. The Morgan fingerprint density at radius 3 is 2.42 bits per heavy atom. The Bertz CT molecular complexity index is 623. The van der Waals surface area contributed by atoms with Crippen LogP contribution in [-0.2, 0) is 0 Å². The molecule has 1 aromatic heterocycles. The molecule has 0 fully saturated rings. The lowest BCUT2D eigenvalue weighted by atomic mass is 10.2. The lowest BCUT2D eigenvalue weighted by Gasteiger charge is -2.11. The summed E-state index contributed by atoms with van der Waals surface area (Å²) in [5.41, 5.74) is 6.65. The van der Waals surface area contributed by atoms with Crippen molar-refractivity contribution in [3.63, 3.8) is 0 Å². The molecule has 0 aliphatic heterocycles. The van der Waals surface area contributed by atoms with E-state index in [1.165, 1.54) is 6.20 Å². The Morgan fingerprint density at radius 1 is 1.21 bits per heavy atom. The Hall–Kier alpha value is -0.920. The zero-order chi connectivity index (χ0) is 14.0. The van der Waals surface area contributed by atoms with E-state index < -0.39 is 0 Å². The van der Waals surface area contributed by atoms with Crippen molar-refractivity contribution in [2.75, 3.05) is 11.1 Å². The Labute approximate surface area is 135 Å². The molecule has 1 aromatic carbocycles. The minimum absolute atomic E-state index is 0.198. The second kappa shape index (κ2) is 6.02. The Morgan fingerprint density at radius 2 is 1.84 bits per heavy atom. The highest BCUT2D eigenvalue weighted by atomic mass is 79.9. The molecule has 0 radical (unpaired) electrons. The van der Waals surface area contributed by atoms with Gasteiger partial charge in [0.05, 0.1) is 11.3 Å². The number of rotatable bonds is 2. The van der Waals surface area contributed by atoms with Gasteiger partial charge in [-0.15, -0.1) is 0 Å². The van der Waals surface area contributed by atoms with Gasteiger partial charge in [-0.2, -0.15) is 0 Å². The SMILES string of the molecule is Nc1ncccc1C(=O)Nc1c(Br)cc(Br)cc1Br. The van der Waals surface area contributed by atoms with E-state index in [2.05, 4.69) is 58.1 Å². The molecule has 19 heavy (non-hydrogen) atoms. The third kappa shape index (κ3) is 3.34. The first-order chi connectivity index (χ1) is 8.99. The Kier molecular flexibility index (Phi) is 4.59. The number of anilines is 2. The van der Waals surface area contributed by atoms with Crippen molar-refractivity contribution in [3.8, 4) is 0 Å². The first kappa shape index (κ1) is 14.5. The van der Waals surface area contributed by atoms with Gasteiger partial charge in [0, 0.05) is 19.6 Å². The summed E-state index contributed by atoms with van der Waals surface area (Å²) < 4.78 is 2.40. The Balaban J connectivity index is 2.32. The number of nitrogens with two attached hydrogens (primary N) is 1. The van der Waals surface area contributed by atoms with E-state index in [1.807, 2.05) is 12.1 Å². The van der Waals surface area contributed by atoms with E-state index in [1.54, 1.807) is 12.1 Å². The number of carbonyl (C=O) groups excluding carboxylic acids is 1. The second-order valence-electron chi connectivity index (χ2n) is 3.63. The first-order valence-corrected chi connectivity index (χ1v) is 7.53. The fourth-order valence-electron chi connectivity index (χ4n) is 1.45. The fourth-order valence-corrected chi connectivity index (χ4v) is 3.91. The van der Waals surface area contributed by atoms with Gasteiger partial charge in [-0.05, 0) is 56.1 Å². The van der Waals surface area contributed by atoms with Gasteiger partial charge < -0.3 is 11.1 Å². The maximum atomic E-state index is 12.1. The number of hydrogen-bond donors (Lipinski definition) is 2. The standard InChI is InChI=1S/C12H8Br3N3O/c13-6-4-8(14)10(9(15)5-6)18-12(19)7-2-1-3-17-11(7)16/h1-5H,(H2,16,17)(H,18,19). The molecule has 2 rings (SSSR count). The number of halogens is 3. The van der Waals surface area contributed by atoms with E-state index in [0.29, 0.717) is 11.3 Å². The maximum absolute atomic E-state index is 12.1. The lowest BCUT2D eigenvalue weighted by molar-refractivity contribution is 0.102. The summed E-state index contributed by atoms with van der Waals surface area (Å²) in [5.74, 6) is -0.112. The number of nitrogens with zero attached hydrogens (tertiary/aromatic N) is 1. The largest absolute Gasteiger partial charge is 0.383 e. The van der Waals surface area contributed by atoms with Crippen LogP contribution in [0.25, 0.3) is 0 Å². The fraction of sp³-hybridized carbons (Fsp3) is 0. The van der Waals surface area contributed by atoms with Crippen LogP contribution in [0.5, 0.6) is 0 Å². The summed E-state index contributed by atoms with van der Waals surface area (Å²) in [5, 5.41) is 2.79. The smallest absolute Gasteiger partial charge is 0.259 e. The number of amides is 1. The molecule has 0 unspecified atom stereocenters. The van der Waals surface area contributed by atoms with Crippen molar-refractivity contribution in [1.82, 2.24) is 4.98 Å². The molecule has 2 aromatic rings. The molecule has 0 aliphatic rings. The van der Waals surface area contributed by atoms with Gasteiger partial charge in [-0.25, -0.2) is 4.98 Å². The van der Waals surface area contributed by atoms with Crippen LogP contribution in [-0.4, -0.2) is 10.9 Å².